The van der Waals surface area contributed by atoms with E-state index in [2.05, 4.69) is 14.5 Å². The van der Waals surface area contributed by atoms with E-state index >= 15 is 0 Å². The van der Waals surface area contributed by atoms with Gasteiger partial charge in [0.2, 0.25) is 10.0 Å². The average Bonchev–Trinajstić information content (AvgIpc) is 3.11. The third-order valence-electron chi connectivity index (χ3n) is 5.68. The number of pyridine rings is 1. The van der Waals surface area contributed by atoms with Gasteiger partial charge in [0.05, 0.1) is 5.75 Å². The molecule has 6 nitrogen and oxygen atoms in total. The molecule has 8 heteroatoms. The first-order valence-electron chi connectivity index (χ1n) is 10.1. The summed E-state index contributed by atoms with van der Waals surface area (Å²) < 4.78 is 43.1. The van der Waals surface area contributed by atoms with Crippen LogP contribution >= 0.6 is 0 Å². The van der Waals surface area contributed by atoms with Crippen LogP contribution in [0.5, 0.6) is 0 Å². The first-order chi connectivity index (χ1) is 14.4. The van der Waals surface area contributed by atoms with Crippen molar-refractivity contribution in [3.8, 4) is 11.4 Å². The maximum atomic E-state index is 13.9. The zero-order chi connectivity index (χ0) is 21.1. The lowest BCUT2D eigenvalue weighted by atomic mass is 9.98. The zero-order valence-corrected chi connectivity index (χ0v) is 17.7. The molecule has 0 spiro atoms. The fourth-order valence-electron chi connectivity index (χ4n) is 3.95. The van der Waals surface area contributed by atoms with E-state index in [0.717, 1.165) is 36.5 Å². The van der Waals surface area contributed by atoms with E-state index in [1.165, 1.54) is 16.4 Å². The van der Waals surface area contributed by atoms with Gasteiger partial charge in [0, 0.05) is 55.0 Å². The van der Waals surface area contributed by atoms with Crippen molar-refractivity contribution in [1.82, 2.24) is 18.8 Å². The second-order valence-corrected chi connectivity index (χ2v) is 9.73. The van der Waals surface area contributed by atoms with Crippen LogP contribution in [0.25, 0.3) is 11.4 Å². The average molecular weight is 429 g/mol. The lowest BCUT2D eigenvalue weighted by Gasteiger charge is -2.32. The van der Waals surface area contributed by atoms with Crippen molar-refractivity contribution >= 4 is 10.0 Å². The molecule has 158 valence electrons. The largest absolute Gasteiger partial charge is 0.328 e. The number of rotatable bonds is 6. The molecule has 30 heavy (non-hydrogen) atoms. The van der Waals surface area contributed by atoms with E-state index in [-0.39, 0.29) is 11.3 Å². The number of nitrogens with zero attached hydrogens (tertiary/aromatic N) is 4. The van der Waals surface area contributed by atoms with Crippen LogP contribution < -0.4 is 0 Å². The maximum Gasteiger partial charge on any atom is 0.218 e. The van der Waals surface area contributed by atoms with Crippen molar-refractivity contribution < 1.29 is 12.8 Å². The summed E-state index contributed by atoms with van der Waals surface area (Å²) in [5, 5.41) is 0. The predicted molar refractivity (Wildman–Crippen MR) is 114 cm³/mol. The molecular formula is C22H25FN4O2S. The molecular weight excluding hydrogens is 403 g/mol. The van der Waals surface area contributed by atoms with Gasteiger partial charge in [0.25, 0.3) is 0 Å². The molecule has 0 unspecified atom stereocenters. The molecule has 0 saturated carbocycles. The smallest absolute Gasteiger partial charge is 0.218 e. The third kappa shape index (κ3) is 4.44. The monoisotopic (exact) mass is 428 g/mol. The zero-order valence-electron chi connectivity index (χ0n) is 16.9. The summed E-state index contributed by atoms with van der Waals surface area (Å²) in [6.07, 6.45) is 6.93. The highest BCUT2D eigenvalue weighted by atomic mass is 32.2. The Bertz CT molecular complexity index is 1110. The highest BCUT2D eigenvalue weighted by Gasteiger charge is 2.29. The molecule has 1 aliphatic rings. The molecule has 0 N–H and O–H groups in total. The number of piperidine rings is 1. The molecule has 0 radical (unpaired) electrons. The first kappa shape index (κ1) is 20.7. The highest BCUT2D eigenvalue weighted by molar-refractivity contribution is 7.88. The molecule has 4 rings (SSSR count). The molecule has 3 aromatic rings. The van der Waals surface area contributed by atoms with Crippen LogP contribution in [0.1, 0.15) is 24.1 Å². The Hall–Kier alpha value is -2.58. The van der Waals surface area contributed by atoms with Gasteiger partial charge in [0.1, 0.15) is 11.6 Å². The van der Waals surface area contributed by atoms with E-state index in [1.54, 1.807) is 24.5 Å². The van der Waals surface area contributed by atoms with Crippen molar-refractivity contribution in [2.45, 2.75) is 32.1 Å². The summed E-state index contributed by atoms with van der Waals surface area (Å²) in [6.45, 7) is 3.73. The Kier molecular flexibility index (Phi) is 5.97. The molecule has 1 aliphatic heterocycles. The van der Waals surface area contributed by atoms with Crippen molar-refractivity contribution in [2.24, 2.45) is 5.92 Å². The molecule has 1 aromatic carbocycles. The lowest BCUT2D eigenvalue weighted by molar-refractivity contribution is 0.252. The van der Waals surface area contributed by atoms with Crippen LogP contribution in [0, 0.1) is 18.7 Å². The molecule has 0 aliphatic carbocycles. The minimum Gasteiger partial charge on any atom is -0.328 e. The van der Waals surface area contributed by atoms with E-state index < -0.39 is 15.8 Å². The van der Waals surface area contributed by atoms with Gasteiger partial charge < -0.3 is 4.57 Å². The number of benzene rings is 1. The van der Waals surface area contributed by atoms with Crippen LogP contribution in [0.15, 0.2) is 55.0 Å². The molecule has 0 bridgehead atoms. The summed E-state index contributed by atoms with van der Waals surface area (Å²) in [4.78, 5) is 8.72. The van der Waals surface area contributed by atoms with Gasteiger partial charge in [-0.25, -0.2) is 22.1 Å². The van der Waals surface area contributed by atoms with Crippen LogP contribution in [0.3, 0.4) is 0 Å². The van der Waals surface area contributed by atoms with E-state index in [9.17, 15) is 12.8 Å². The highest BCUT2D eigenvalue weighted by Crippen LogP contribution is 2.26. The fraction of sp³-hybridized carbons (Fsp3) is 0.364. The SMILES string of the molecule is Cc1cnc(-c2cccnc2)n1CC1CCN(S(=O)(=O)Cc2ccccc2F)CC1. The fourth-order valence-corrected chi connectivity index (χ4v) is 5.53. The number of sulfonamides is 1. The Morgan fingerprint density at radius 3 is 2.57 bits per heavy atom. The number of halogens is 1. The number of aryl methyl sites for hydroxylation is 1. The predicted octanol–water partition coefficient (Wildman–Crippen LogP) is 3.63. The summed E-state index contributed by atoms with van der Waals surface area (Å²) in [7, 11) is -3.54. The quantitative estimate of drug-likeness (QED) is 0.601. The standard InChI is InChI=1S/C22H25FN4O2S/c1-17-13-25-22(19-6-4-10-24-14-19)27(17)15-18-8-11-26(12-9-18)30(28,29)16-20-5-2-3-7-21(20)23/h2-7,10,13-14,18H,8-9,11-12,15-16H2,1H3. The van der Waals surface area contributed by atoms with Crippen molar-refractivity contribution in [3.05, 3.63) is 72.1 Å². The lowest BCUT2D eigenvalue weighted by Crippen LogP contribution is -2.40. The topological polar surface area (TPSA) is 68.1 Å². The Morgan fingerprint density at radius 2 is 1.87 bits per heavy atom. The van der Waals surface area contributed by atoms with Gasteiger partial charge in [-0.1, -0.05) is 18.2 Å². The van der Waals surface area contributed by atoms with Crippen LogP contribution in [-0.2, 0) is 22.3 Å². The van der Waals surface area contributed by atoms with Crippen molar-refractivity contribution in [1.29, 1.82) is 0 Å². The molecule has 0 atom stereocenters. The van der Waals surface area contributed by atoms with Gasteiger partial charge in [-0.3, -0.25) is 4.98 Å². The summed E-state index contributed by atoms with van der Waals surface area (Å²) in [5.41, 5.74) is 2.26. The molecule has 1 fully saturated rings. The summed E-state index contributed by atoms with van der Waals surface area (Å²) in [5.74, 6) is 0.466. The number of aromatic nitrogens is 3. The van der Waals surface area contributed by atoms with Crippen LogP contribution in [0.2, 0.25) is 0 Å². The van der Waals surface area contributed by atoms with Gasteiger partial charge >= 0.3 is 0 Å². The Morgan fingerprint density at radius 1 is 1.10 bits per heavy atom. The third-order valence-corrected chi connectivity index (χ3v) is 7.51. The minimum atomic E-state index is -3.54. The van der Waals surface area contributed by atoms with E-state index in [4.69, 9.17) is 0 Å². The second kappa shape index (κ2) is 8.65. The van der Waals surface area contributed by atoms with Crippen molar-refractivity contribution in [3.63, 3.8) is 0 Å². The van der Waals surface area contributed by atoms with Crippen molar-refractivity contribution in [2.75, 3.05) is 13.1 Å². The number of hydrogen-bond donors (Lipinski definition) is 0. The van der Waals surface area contributed by atoms with E-state index in [0.29, 0.717) is 19.0 Å². The summed E-state index contributed by atoms with van der Waals surface area (Å²) in [6, 6.07) is 9.93. The van der Waals surface area contributed by atoms with Gasteiger partial charge in [-0.15, -0.1) is 0 Å². The molecule has 1 saturated heterocycles. The van der Waals surface area contributed by atoms with E-state index in [1.807, 2.05) is 25.3 Å². The Balaban J connectivity index is 1.41. The number of imidazole rings is 1. The van der Waals surface area contributed by atoms with Crippen LogP contribution in [0.4, 0.5) is 4.39 Å². The molecule has 2 aromatic heterocycles. The second-order valence-electron chi connectivity index (χ2n) is 7.77. The van der Waals surface area contributed by atoms with Gasteiger partial charge in [0.15, 0.2) is 0 Å². The first-order valence-corrected chi connectivity index (χ1v) is 11.7. The minimum absolute atomic E-state index is 0.217. The maximum absolute atomic E-state index is 13.9. The van der Waals surface area contributed by atoms with Crippen LogP contribution in [-0.4, -0.2) is 40.3 Å². The molecule has 3 heterocycles. The normalized spacial score (nSPS) is 16.1. The number of hydrogen-bond acceptors (Lipinski definition) is 4. The van der Waals surface area contributed by atoms with Gasteiger partial charge in [-0.05, 0) is 43.9 Å². The summed E-state index contributed by atoms with van der Waals surface area (Å²) >= 11 is 0. The Labute approximate surface area is 176 Å². The van der Waals surface area contributed by atoms with Gasteiger partial charge in [-0.2, -0.15) is 0 Å². The molecule has 0 amide bonds.